The molecule has 0 rings (SSSR count). The van der Waals surface area contributed by atoms with Gasteiger partial charge in [-0.05, 0) is 16.6 Å². The van der Waals surface area contributed by atoms with Crippen LogP contribution in [0.4, 0.5) is 0 Å². The first-order valence-corrected chi connectivity index (χ1v) is 4.43. The highest BCUT2D eigenvalue weighted by atomic mass is 35.5. The number of hydrogen-bond acceptors (Lipinski definition) is 1. The summed E-state index contributed by atoms with van der Waals surface area (Å²) in [4.78, 5) is 10.6. The maximum Gasteiger partial charge on any atom is 0.224 e. The van der Waals surface area contributed by atoms with E-state index in [4.69, 9.17) is 11.6 Å². The largest absolute Gasteiger partial charge is 0.281 e. The van der Waals surface area contributed by atoms with Crippen molar-refractivity contribution in [3.63, 3.8) is 0 Å². The van der Waals surface area contributed by atoms with Crippen molar-refractivity contribution in [2.75, 3.05) is 0 Å². The van der Waals surface area contributed by atoms with Gasteiger partial charge in [-0.1, -0.05) is 20.8 Å². The minimum Gasteiger partial charge on any atom is -0.281 e. The second-order valence-electron chi connectivity index (χ2n) is 3.39. The summed E-state index contributed by atoms with van der Waals surface area (Å²) < 4.78 is 0. The highest BCUT2D eigenvalue weighted by Gasteiger charge is 2.24. The summed E-state index contributed by atoms with van der Waals surface area (Å²) >= 11 is 5.30. The van der Waals surface area contributed by atoms with Gasteiger partial charge in [0.05, 0.1) is 0 Å². The van der Waals surface area contributed by atoms with E-state index in [1.807, 2.05) is 6.92 Å². The van der Waals surface area contributed by atoms with Gasteiger partial charge < -0.3 is 0 Å². The van der Waals surface area contributed by atoms with Gasteiger partial charge in [-0.25, -0.2) is 0 Å². The molecular weight excluding hydrogens is 152 g/mol. The smallest absolute Gasteiger partial charge is 0.224 e. The third-order valence-corrected chi connectivity index (χ3v) is 2.83. The third kappa shape index (κ3) is 3.01. The molecule has 1 unspecified atom stereocenters. The van der Waals surface area contributed by atoms with E-state index in [-0.39, 0.29) is 16.2 Å². The first-order chi connectivity index (χ1) is 3.85. The Morgan fingerprint density at radius 1 is 1.67 bits per heavy atom. The monoisotopic (exact) mass is 164 g/mol. The number of hydrogen-bond donors (Lipinski definition) is 0. The van der Waals surface area contributed by atoms with Crippen molar-refractivity contribution < 1.29 is 4.79 Å². The lowest BCUT2D eigenvalue weighted by Crippen LogP contribution is -2.19. The lowest BCUT2D eigenvalue weighted by molar-refractivity contribution is -0.115. The summed E-state index contributed by atoms with van der Waals surface area (Å²) in [5.74, 6) is 0.00540. The highest BCUT2D eigenvalue weighted by Crippen LogP contribution is 2.31. The topological polar surface area (TPSA) is 17.1 Å². The van der Waals surface area contributed by atoms with Gasteiger partial charge in [0.25, 0.3) is 0 Å². The molecule has 1 nitrogen and oxygen atoms in total. The fraction of sp³-hybridized carbons (Fsp3) is 0.833. The van der Waals surface area contributed by atoms with E-state index in [9.17, 15) is 4.79 Å². The Bertz CT molecular complexity index is 117. The Kier molecular flexibility index (Phi) is 2.90. The molecule has 0 spiro atoms. The van der Waals surface area contributed by atoms with Crippen molar-refractivity contribution in [2.24, 2.45) is 5.92 Å². The summed E-state index contributed by atoms with van der Waals surface area (Å²) in [5, 5.41) is -0.0752. The number of rotatable bonds is 2. The summed E-state index contributed by atoms with van der Waals surface area (Å²) in [6, 6.07) is 0. The van der Waals surface area contributed by atoms with Crippen LogP contribution in [0.15, 0.2) is 0 Å². The molecule has 0 fully saturated rings. The van der Waals surface area contributed by atoms with Crippen molar-refractivity contribution in [2.45, 2.75) is 25.8 Å². The van der Waals surface area contributed by atoms with Crippen LogP contribution in [-0.2, 0) is 4.79 Å². The fourth-order valence-corrected chi connectivity index (χ4v) is 1.11. The van der Waals surface area contributed by atoms with Crippen molar-refractivity contribution in [3.05, 3.63) is 0 Å². The Labute approximate surface area is 64.2 Å². The Hall–Kier alpha value is 0.177. The molecule has 0 aliphatic rings. The van der Waals surface area contributed by atoms with E-state index in [1.54, 1.807) is 0 Å². The maximum absolute atomic E-state index is 10.6. The molecule has 0 saturated heterocycles. The van der Waals surface area contributed by atoms with E-state index in [0.717, 1.165) is 10.2 Å². The van der Waals surface area contributed by atoms with Crippen LogP contribution in [0.25, 0.3) is 0 Å². The maximum atomic E-state index is 10.6. The minimum atomic E-state index is -0.213. The van der Waals surface area contributed by atoms with Gasteiger partial charge in [0.1, 0.15) is 0 Å². The van der Waals surface area contributed by atoms with Gasteiger partial charge in [-0.3, -0.25) is 4.79 Å². The zero-order chi connectivity index (χ0) is 7.65. The van der Waals surface area contributed by atoms with Gasteiger partial charge in [0.2, 0.25) is 5.24 Å². The molecule has 0 aliphatic heterocycles. The van der Waals surface area contributed by atoms with Crippen molar-refractivity contribution in [1.82, 2.24) is 0 Å². The lowest BCUT2D eigenvalue weighted by atomic mass is 9.98. The molecule has 0 heterocycles. The predicted molar refractivity (Wildman–Crippen MR) is 44.0 cm³/mol. The van der Waals surface area contributed by atoms with Gasteiger partial charge in [-0.15, -0.1) is 0 Å². The summed E-state index contributed by atoms with van der Waals surface area (Å²) in [6.45, 7) is 6.00. The summed E-state index contributed by atoms with van der Waals surface area (Å²) in [7, 11) is 1.00. The molecule has 0 N–H and O–H groups in total. The predicted octanol–water partition coefficient (Wildman–Crippen LogP) is 0.952. The van der Waals surface area contributed by atoms with Crippen LogP contribution in [-0.4, -0.2) is 15.5 Å². The van der Waals surface area contributed by atoms with E-state index in [0.29, 0.717) is 0 Å². The SMILES string of the molecule is CC(C(=O)Cl)C(C)(C)[SiH3]. The Balaban J connectivity index is 4.04. The van der Waals surface area contributed by atoms with E-state index in [2.05, 4.69) is 13.8 Å². The van der Waals surface area contributed by atoms with Crippen LogP contribution < -0.4 is 0 Å². The molecule has 1 atom stereocenters. The van der Waals surface area contributed by atoms with E-state index in [1.165, 1.54) is 0 Å². The van der Waals surface area contributed by atoms with Crippen LogP contribution in [0.5, 0.6) is 0 Å². The average Bonchev–Trinajstić information content (AvgIpc) is 1.62. The molecule has 0 bridgehead atoms. The molecule has 0 radical (unpaired) electrons. The molecule has 0 aromatic carbocycles. The van der Waals surface area contributed by atoms with Crippen LogP contribution in [0.2, 0.25) is 5.04 Å². The van der Waals surface area contributed by atoms with Crippen LogP contribution >= 0.6 is 11.6 Å². The van der Waals surface area contributed by atoms with Crippen molar-refractivity contribution in [1.29, 1.82) is 0 Å². The summed E-state index contributed by atoms with van der Waals surface area (Å²) in [6.07, 6.45) is 0. The number of carbonyl (C=O) groups excluding carboxylic acids is 1. The second-order valence-corrected chi connectivity index (χ2v) is 6.34. The normalized spacial score (nSPS) is 15.6. The van der Waals surface area contributed by atoms with Crippen LogP contribution in [0.1, 0.15) is 20.8 Å². The van der Waals surface area contributed by atoms with Gasteiger partial charge in [0, 0.05) is 16.2 Å². The van der Waals surface area contributed by atoms with Crippen molar-refractivity contribution in [3.8, 4) is 0 Å². The van der Waals surface area contributed by atoms with Gasteiger partial charge in [-0.2, -0.15) is 0 Å². The standard InChI is InChI=1S/C6H13ClOSi/c1-4(5(7)8)6(2,3)9/h4H,1-3,9H3. The van der Waals surface area contributed by atoms with E-state index >= 15 is 0 Å². The van der Waals surface area contributed by atoms with E-state index < -0.39 is 0 Å². The van der Waals surface area contributed by atoms with Gasteiger partial charge in [0.15, 0.2) is 0 Å². The average molecular weight is 165 g/mol. The Morgan fingerprint density at radius 3 is 2.00 bits per heavy atom. The highest BCUT2D eigenvalue weighted by molar-refractivity contribution is 6.64. The number of carbonyl (C=O) groups is 1. The lowest BCUT2D eigenvalue weighted by Gasteiger charge is -2.23. The molecule has 0 saturated carbocycles. The second kappa shape index (κ2) is 2.84. The molecule has 0 aromatic heterocycles. The third-order valence-electron chi connectivity index (χ3n) is 1.64. The fourth-order valence-electron chi connectivity index (χ4n) is 0.340. The first kappa shape index (κ1) is 9.18. The first-order valence-electron chi connectivity index (χ1n) is 3.05. The molecule has 3 heteroatoms. The molecule has 0 aliphatic carbocycles. The molecule has 0 amide bonds. The number of halogens is 1. The minimum absolute atomic E-state index is 0.00540. The quantitative estimate of drug-likeness (QED) is 0.439. The summed E-state index contributed by atoms with van der Waals surface area (Å²) in [5.41, 5.74) is 0. The molecule has 9 heavy (non-hydrogen) atoms. The molecule has 54 valence electrons. The molecular formula is C6H13ClOSi. The Morgan fingerprint density at radius 2 is 2.00 bits per heavy atom. The van der Waals surface area contributed by atoms with Crippen LogP contribution in [0, 0.1) is 5.92 Å². The zero-order valence-electron chi connectivity index (χ0n) is 6.36. The van der Waals surface area contributed by atoms with Gasteiger partial charge >= 0.3 is 0 Å². The zero-order valence-corrected chi connectivity index (χ0v) is 9.12. The van der Waals surface area contributed by atoms with Crippen LogP contribution in [0.3, 0.4) is 0 Å². The molecule has 0 aromatic rings. The van der Waals surface area contributed by atoms with Crippen molar-refractivity contribution >= 4 is 27.1 Å².